The van der Waals surface area contributed by atoms with Gasteiger partial charge in [-0.15, -0.1) is 11.8 Å². The second-order valence-corrected chi connectivity index (χ2v) is 7.39. The molecule has 134 valence electrons. The number of para-hydroxylation sites is 1. The summed E-state index contributed by atoms with van der Waals surface area (Å²) in [5.41, 5.74) is 1.33. The van der Waals surface area contributed by atoms with E-state index in [0.717, 1.165) is 17.7 Å². The lowest BCUT2D eigenvalue weighted by atomic mass is 10.0. The topological polar surface area (TPSA) is 76.1 Å². The fourth-order valence-electron chi connectivity index (χ4n) is 2.92. The molecule has 2 N–H and O–H groups in total. The molecule has 2 aromatic rings. The van der Waals surface area contributed by atoms with Gasteiger partial charge in [-0.2, -0.15) is 0 Å². The Labute approximate surface area is 150 Å². The number of ether oxygens (including phenoxy) is 1. The van der Waals surface area contributed by atoms with Crippen molar-refractivity contribution in [1.29, 1.82) is 0 Å². The molecular formula is C18H23N3O3S. The van der Waals surface area contributed by atoms with E-state index < -0.39 is 0 Å². The number of carbonyl (C=O) groups is 1. The Morgan fingerprint density at radius 3 is 2.80 bits per heavy atom. The van der Waals surface area contributed by atoms with Crippen molar-refractivity contribution in [2.45, 2.75) is 38.5 Å². The van der Waals surface area contributed by atoms with E-state index in [9.17, 15) is 9.59 Å². The summed E-state index contributed by atoms with van der Waals surface area (Å²) in [6.45, 7) is 6.60. The van der Waals surface area contributed by atoms with Crippen LogP contribution in [0.25, 0.3) is 0 Å². The third kappa shape index (κ3) is 3.46. The van der Waals surface area contributed by atoms with Gasteiger partial charge in [-0.05, 0) is 26.3 Å². The molecule has 6 nitrogen and oxygen atoms in total. The van der Waals surface area contributed by atoms with Crippen LogP contribution in [-0.2, 0) is 4.79 Å². The van der Waals surface area contributed by atoms with Gasteiger partial charge in [0.25, 0.3) is 5.56 Å². The van der Waals surface area contributed by atoms with Gasteiger partial charge in [0.15, 0.2) is 0 Å². The van der Waals surface area contributed by atoms with E-state index in [1.54, 1.807) is 4.68 Å². The molecule has 0 radical (unpaired) electrons. The number of aromatic amines is 1. The van der Waals surface area contributed by atoms with E-state index in [0.29, 0.717) is 23.7 Å². The number of hydrogen-bond acceptors (Lipinski definition) is 4. The van der Waals surface area contributed by atoms with Gasteiger partial charge in [0.2, 0.25) is 5.91 Å². The SMILES string of the molecule is CCCOc1ccccc1[C@@H]1SCC(=O)Nc2c1c(=O)[nH]n2C(C)C. The standard InChI is InChI=1S/C18H23N3O3S/c1-4-9-24-13-8-6-5-7-12(13)16-15-17(19-14(22)10-25-16)21(11(2)3)20-18(15)23/h5-8,11,16H,4,9-10H2,1-3H3,(H,19,22)(H,20,23)/t16-/m0/s1. The molecule has 0 spiro atoms. The van der Waals surface area contributed by atoms with Crippen LogP contribution in [0, 0.1) is 0 Å². The summed E-state index contributed by atoms with van der Waals surface area (Å²) < 4.78 is 7.60. The summed E-state index contributed by atoms with van der Waals surface area (Å²) in [6, 6.07) is 7.77. The van der Waals surface area contributed by atoms with Crippen molar-refractivity contribution in [3.05, 3.63) is 45.7 Å². The van der Waals surface area contributed by atoms with Gasteiger partial charge in [-0.25, -0.2) is 0 Å². The Hall–Kier alpha value is -2.15. The highest BCUT2D eigenvalue weighted by atomic mass is 32.2. The number of aromatic nitrogens is 2. The number of carbonyl (C=O) groups excluding carboxylic acids is 1. The number of amides is 1. The Bertz CT molecular complexity index is 825. The molecule has 0 bridgehead atoms. The minimum Gasteiger partial charge on any atom is -0.493 e. The largest absolute Gasteiger partial charge is 0.493 e. The van der Waals surface area contributed by atoms with E-state index in [-0.39, 0.29) is 22.8 Å². The van der Waals surface area contributed by atoms with Gasteiger partial charge < -0.3 is 10.1 Å². The first kappa shape index (κ1) is 17.7. The van der Waals surface area contributed by atoms with Crippen LogP contribution in [0.3, 0.4) is 0 Å². The van der Waals surface area contributed by atoms with Crippen molar-refractivity contribution >= 4 is 23.5 Å². The van der Waals surface area contributed by atoms with Crippen molar-refractivity contribution in [2.24, 2.45) is 0 Å². The molecule has 1 amide bonds. The highest BCUT2D eigenvalue weighted by molar-refractivity contribution is 8.00. The van der Waals surface area contributed by atoms with Gasteiger partial charge >= 0.3 is 0 Å². The molecule has 0 saturated carbocycles. The minimum atomic E-state index is -0.259. The van der Waals surface area contributed by atoms with Crippen LogP contribution in [0.2, 0.25) is 0 Å². The molecule has 1 aromatic carbocycles. The number of nitrogens with zero attached hydrogens (tertiary/aromatic N) is 1. The first-order valence-electron chi connectivity index (χ1n) is 8.50. The maximum Gasteiger partial charge on any atom is 0.270 e. The summed E-state index contributed by atoms with van der Waals surface area (Å²) in [5, 5.41) is 5.49. The monoisotopic (exact) mass is 361 g/mol. The molecule has 2 heterocycles. The van der Waals surface area contributed by atoms with Crippen molar-refractivity contribution in [1.82, 2.24) is 9.78 Å². The third-order valence-corrected chi connectivity index (χ3v) is 5.30. The van der Waals surface area contributed by atoms with E-state index in [2.05, 4.69) is 17.3 Å². The summed E-state index contributed by atoms with van der Waals surface area (Å²) in [4.78, 5) is 24.8. The van der Waals surface area contributed by atoms with Gasteiger partial charge in [-0.3, -0.25) is 19.4 Å². The summed E-state index contributed by atoms with van der Waals surface area (Å²) in [5.74, 6) is 1.51. The number of nitrogens with one attached hydrogen (secondary N) is 2. The predicted octanol–water partition coefficient (Wildman–Crippen LogP) is 3.32. The first-order chi connectivity index (χ1) is 12.0. The quantitative estimate of drug-likeness (QED) is 0.856. The van der Waals surface area contributed by atoms with Gasteiger partial charge in [0, 0.05) is 11.6 Å². The molecular weight excluding hydrogens is 338 g/mol. The lowest BCUT2D eigenvalue weighted by Crippen LogP contribution is -2.17. The zero-order chi connectivity index (χ0) is 18.0. The zero-order valence-electron chi connectivity index (χ0n) is 14.7. The van der Waals surface area contributed by atoms with Crippen LogP contribution < -0.4 is 15.6 Å². The molecule has 1 aliphatic rings. The number of rotatable bonds is 5. The van der Waals surface area contributed by atoms with Crippen LogP contribution in [0.4, 0.5) is 5.82 Å². The summed E-state index contributed by atoms with van der Waals surface area (Å²) in [7, 11) is 0. The maximum atomic E-state index is 12.7. The van der Waals surface area contributed by atoms with Gasteiger partial charge in [0.1, 0.15) is 11.6 Å². The lowest BCUT2D eigenvalue weighted by Gasteiger charge is -2.18. The number of anilines is 1. The second-order valence-electron chi connectivity index (χ2n) is 6.29. The molecule has 25 heavy (non-hydrogen) atoms. The van der Waals surface area contributed by atoms with Crippen molar-refractivity contribution < 1.29 is 9.53 Å². The number of H-pyrrole nitrogens is 1. The van der Waals surface area contributed by atoms with E-state index >= 15 is 0 Å². The number of fused-ring (bicyclic) bond motifs is 1. The molecule has 1 aliphatic heterocycles. The molecule has 1 aromatic heterocycles. The summed E-state index contributed by atoms with van der Waals surface area (Å²) in [6.07, 6.45) is 0.905. The highest BCUT2D eigenvalue weighted by Crippen LogP contribution is 2.43. The van der Waals surface area contributed by atoms with E-state index in [4.69, 9.17) is 4.74 Å². The number of thioether (sulfide) groups is 1. The molecule has 7 heteroatoms. The minimum absolute atomic E-state index is 0.0343. The smallest absolute Gasteiger partial charge is 0.270 e. The van der Waals surface area contributed by atoms with Gasteiger partial charge in [-0.1, -0.05) is 25.1 Å². The van der Waals surface area contributed by atoms with Crippen molar-refractivity contribution in [3.63, 3.8) is 0 Å². The van der Waals surface area contributed by atoms with Crippen molar-refractivity contribution in [3.8, 4) is 5.75 Å². The number of hydrogen-bond donors (Lipinski definition) is 2. The third-order valence-electron chi connectivity index (χ3n) is 4.04. The molecule has 0 unspecified atom stereocenters. The Balaban J connectivity index is 2.13. The fraction of sp³-hybridized carbons (Fsp3) is 0.444. The Morgan fingerprint density at radius 2 is 2.08 bits per heavy atom. The van der Waals surface area contributed by atoms with Crippen molar-refractivity contribution in [2.75, 3.05) is 17.7 Å². The first-order valence-corrected chi connectivity index (χ1v) is 9.55. The van der Waals surface area contributed by atoms with Crippen LogP contribution in [0.5, 0.6) is 5.75 Å². The summed E-state index contributed by atoms with van der Waals surface area (Å²) >= 11 is 1.45. The van der Waals surface area contributed by atoms with Crippen LogP contribution in [0.1, 0.15) is 49.6 Å². The van der Waals surface area contributed by atoms with Crippen LogP contribution in [-0.4, -0.2) is 28.0 Å². The predicted molar refractivity (Wildman–Crippen MR) is 101 cm³/mol. The Kier molecular flexibility index (Phi) is 5.22. The average Bonchev–Trinajstić information content (AvgIpc) is 2.80. The maximum absolute atomic E-state index is 12.7. The highest BCUT2D eigenvalue weighted by Gasteiger charge is 2.32. The molecule has 0 saturated heterocycles. The molecule has 3 rings (SSSR count). The number of benzene rings is 1. The molecule has 0 fully saturated rings. The van der Waals surface area contributed by atoms with Crippen LogP contribution in [0.15, 0.2) is 29.1 Å². The normalized spacial score (nSPS) is 17.1. The average molecular weight is 361 g/mol. The fourth-order valence-corrected chi connectivity index (χ4v) is 4.07. The second kappa shape index (κ2) is 7.39. The molecule has 1 atom stereocenters. The van der Waals surface area contributed by atoms with Crippen LogP contribution >= 0.6 is 11.8 Å². The van der Waals surface area contributed by atoms with Gasteiger partial charge in [0.05, 0.1) is 23.2 Å². The molecule has 0 aliphatic carbocycles. The van der Waals surface area contributed by atoms with E-state index in [1.807, 2.05) is 38.1 Å². The Morgan fingerprint density at radius 1 is 1.32 bits per heavy atom. The zero-order valence-corrected chi connectivity index (χ0v) is 15.5. The lowest BCUT2D eigenvalue weighted by molar-refractivity contribution is -0.113. The van der Waals surface area contributed by atoms with E-state index in [1.165, 1.54) is 11.8 Å².